The molecule has 0 aliphatic heterocycles. The summed E-state index contributed by atoms with van der Waals surface area (Å²) in [5, 5.41) is 0. The molecular formula is C29H46O6. The van der Waals surface area contributed by atoms with Gasteiger partial charge in [-0.1, -0.05) is 40.9 Å². The third-order valence-electron chi connectivity index (χ3n) is 8.75. The van der Waals surface area contributed by atoms with Crippen molar-refractivity contribution in [1.29, 1.82) is 0 Å². The molecule has 2 fully saturated rings. The van der Waals surface area contributed by atoms with Crippen LogP contribution in [0.1, 0.15) is 80.1 Å². The Bertz CT molecular complexity index is 786. The number of hydrogen-bond donors (Lipinski definition) is 0. The van der Waals surface area contributed by atoms with Crippen LogP contribution in [0.2, 0.25) is 0 Å². The van der Waals surface area contributed by atoms with Gasteiger partial charge < -0.3 is 14.2 Å². The molecule has 2 aliphatic rings. The van der Waals surface area contributed by atoms with Crippen LogP contribution in [0.25, 0.3) is 0 Å². The second-order valence-corrected chi connectivity index (χ2v) is 11.1. The SMILES string of the molecule is C=C(C)C(=O)OCCC1CCC(OC(=O)C2CCC(CCOC(=O)C(=C)C)C(C)C2C)C(C)C1C. The topological polar surface area (TPSA) is 78.9 Å². The van der Waals surface area contributed by atoms with E-state index in [-0.39, 0.29) is 41.8 Å². The van der Waals surface area contributed by atoms with Gasteiger partial charge in [-0.05, 0) is 87.9 Å². The van der Waals surface area contributed by atoms with Gasteiger partial charge in [0.1, 0.15) is 6.10 Å². The second kappa shape index (κ2) is 13.3. The third-order valence-corrected chi connectivity index (χ3v) is 8.75. The smallest absolute Gasteiger partial charge is 0.333 e. The minimum absolute atomic E-state index is 0.0607. The quantitative estimate of drug-likeness (QED) is 0.216. The van der Waals surface area contributed by atoms with Gasteiger partial charge in [-0.3, -0.25) is 4.79 Å². The van der Waals surface area contributed by atoms with E-state index in [4.69, 9.17) is 14.2 Å². The molecule has 0 aromatic heterocycles. The van der Waals surface area contributed by atoms with Gasteiger partial charge in [-0.25, -0.2) is 9.59 Å². The molecule has 2 aliphatic carbocycles. The number of carbonyl (C=O) groups excluding carboxylic acids is 3. The van der Waals surface area contributed by atoms with Crippen LogP contribution in [0.4, 0.5) is 0 Å². The molecule has 0 aromatic carbocycles. The lowest BCUT2D eigenvalue weighted by molar-refractivity contribution is -0.166. The molecule has 8 atom stereocenters. The summed E-state index contributed by atoms with van der Waals surface area (Å²) in [4.78, 5) is 36.4. The van der Waals surface area contributed by atoms with E-state index >= 15 is 0 Å². The molecule has 0 radical (unpaired) electrons. The Morgan fingerprint density at radius 3 is 1.63 bits per heavy atom. The fourth-order valence-corrected chi connectivity index (χ4v) is 5.79. The highest BCUT2D eigenvalue weighted by Crippen LogP contribution is 2.42. The molecule has 0 aromatic rings. The van der Waals surface area contributed by atoms with E-state index in [1.807, 2.05) is 0 Å². The fraction of sp³-hybridized carbons (Fsp3) is 0.759. The van der Waals surface area contributed by atoms with Crippen LogP contribution in [-0.2, 0) is 28.6 Å². The van der Waals surface area contributed by atoms with Crippen molar-refractivity contribution in [3.8, 4) is 0 Å². The number of ether oxygens (including phenoxy) is 3. The van der Waals surface area contributed by atoms with Crippen LogP contribution in [0.15, 0.2) is 24.3 Å². The van der Waals surface area contributed by atoms with Gasteiger partial charge in [-0.2, -0.15) is 0 Å². The summed E-state index contributed by atoms with van der Waals surface area (Å²) in [6, 6.07) is 0. The van der Waals surface area contributed by atoms with Gasteiger partial charge in [-0.15, -0.1) is 0 Å². The Morgan fingerprint density at radius 2 is 1.14 bits per heavy atom. The van der Waals surface area contributed by atoms with Crippen LogP contribution in [0.3, 0.4) is 0 Å². The van der Waals surface area contributed by atoms with Gasteiger partial charge >= 0.3 is 17.9 Å². The van der Waals surface area contributed by atoms with Crippen molar-refractivity contribution in [3.63, 3.8) is 0 Å². The summed E-state index contributed by atoms with van der Waals surface area (Å²) in [5.74, 6) is 1.31. The van der Waals surface area contributed by atoms with Crippen molar-refractivity contribution in [2.75, 3.05) is 13.2 Å². The lowest BCUT2D eigenvalue weighted by Gasteiger charge is -2.42. The molecule has 0 saturated heterocycles. The average molecular weight is 491 g/mol. The summed E-state index contributed by atoms with van der Waals surface area (Å²) in [5.41, 5.74) is 0.840. The molecule has 35 heavy (non-hydrogen) atoms. The molecule has 0 spiro atoms. The van der Waals surface area contributed by atoms with Crippen LogP contribution in [0.5, 0.6) is 0 Å². The van der Waals surface area contributed by atoms with Crippen LogP contribution in [-0.4, -0.2) is 37.2 Å². The molecule has 0 amide bonds. The standard InChI is InChI=1S/C29H46O6/c1-17(2)27(30)33-15-13-23-9-11-25(21(7)19(23)5)29(32)35-26-12-10-24(20(6)22(26)8)14-16-34-28(31)18(3)4/h19-26H,1,3,9-16H2,2,4-8H3. The van der Waals surface area contributed by atoms with Gasteiger partial charge in [0.15, 0.2) is 0 Å². The van der Waals surface area contributed by atoms with Crippen molar-refractivity contribution >= 4 is 17.9 Å². The van der Waals surface area contributed by atoms with E-state index in [9.17, 15) is 14.4 Å². The Balaban J connectivity index is 1.81. The minimum atomic E-state index is -0.339. The van der Waals surface area contributed by atoms with E-state index in [1.165, 1.54) is 0 Å². The van der Waals surface area contributed by atoms with Crippen molar-refractivity contribution in [1.82, 2.24) is 0 Å². The first kappa shape index (κ1) is 29.1. The molecule has 6 heteroatoms. The van der Waals surface area contributed by atoms with Crippen LogP contribution < -0.4 is 0 Å². The van der Waals surface area contributed by atoms with Crippen molar-refractivity contribution in [2.24, 2.45) is 41.4 Å². The molecule has 0 heterocycles. The predicted molar refractivity (Wildman–Crippen MR) is 136 cm³/mol. The summed E-state index contributed by atoms with van der Waals surface area (Å²) >= 11 is 0. The van der Waals surface area contributed by atoms with E-state index in [0.29, 0.717) is 48.0 Å². The fourth-order valence-electron chi connectivity index (χ4n) is 5.79. The zero-order valence-corrected chi connectivity index (χ0v) is 22.6. The molecule has 2 rings (SSSR count). The first-order chi connectivity index (χ1) is 16.4. The lowest BCUT2D eigenvalue weighted by Crippen LogP contribution is -2.42. The Morgan fingerprint density at radius 1 is 0.686 bits per heavy atom. The normalized spacial score (nSPS) is 32.9. The van der Waals surface area contributed by atoms with Crippen LogP contribution in [0, 0.1) is 41.4 Å². The largest absolute Gasteiger partial charge is 0.462 e. The molecule has 8 unspecified atom stereocenters. The highest BCUT2D eigenvalue weighted by atomic mass is 16.5. The maximum absolute atomic E-state index is 13.2. The van der Waals surface area contributed by atoms with Gasteiger partial charge in [0, 0.05) is 11.1 Å². The molecule has 0 bridgehead atoms. The van der Waals surface area contributed by atoms with E-state index in [2.05, 4.69) is 40.9 Å². The third kappa shape index (κ3) is 7.94. The molecule has 198 valence electrons. The summed E-state index contributed by atoms with van der Waals surface area (Å²) in [6.45, 7) is 20.1. The number of rotatable bonds is 10. The highest BCUT2D eigenvalue weighted by Gasteiger charge is 2.41. The summed E-state index contributed by atoms with van der Waals surface area (Å²) in [6.07, 6.45) is 5.15. The molecule has 2 saturated carbocycles. The summed E-state index contributed by atoms with van der Waals surface area (Å²) < 4.78 is 16.7. The van der Waals surface area contributed by atoms with Crippen molar-refractivity contribution in [3.05, 3.63) is 24.3 Å². The maximum Gasteiger partial charge on any atom is 0.333 e. The van der Waals surface area contributed by atoms with Crippen molar-refractivity contribution < 1.29 is 28.6 Å². The predicted octanol–water partition coefficient (Wildman–Crippen LogP) is 5.90. The Hall–Kier alpha value is -2.11. The zero-order valence-electron chi connectivity index (χ0n) is 22.6. The minimum Gasteiger partial charge on any atom is -0.462 e. The highest BCUT2D eigenvalue weighted by molar-refractivity contribution is 5.87. The maximum atomic E-state index is 13.2. The molecule has 0 N–H and O–H groups in total. The van der Waals surface area contributed by atoms with E-state index in [1.54, 1.807) is 13.8 Å². The van der Waals surface area contributed by atoms with Gasteiger partial charge in [0.2, 0.25) is 0 Å². The monoisotopic (exact) mass is 490 g/mol. The van der Waals surface area contributed by atoms with Crippen molar-refractivity contribution in [2.45, 2.75) is 86.2 Å². The Kier molecular flexibility index (Phi) is 11.0. The Labute approximate surface area is 211 Å². The van der Waals surface area contributed by atoms with Gasteiger partial charge in [0.25, 0.3) is 0 Å². The first-order valence-electron chi connectivity index (χ1n) is 13.3. The van der Waals surface area contributed by atoms with E-state index < -0.39 is 0 Å². The summed E-state index contributed by atoms with van der Waals surface area (Å²) in [7, 11) is 0. The molecular weight excluding hydrogens is 444 g/mol. The van der Waals surface area contributed by atoms with E-state index in [0.717, 1.165) is 38.5 Å². The number of esters is 3. The van der Waals surface area contributed by atoms with Gasteiger partial charge in [0.05, 0.1) is 19.1 Å². The first-order valence-corrected chi connectivity index (χ1v) is 13.3. The molecule has 6 nitrogen and oxygen atoms in total. The second-order valence-electron chi connectivity index (χ2n) is 11.1. The zero-order chi connectivity index (χ0) is 26.3. The number of hydrogen-bond acceptors (Lipinski definition) is 6. The average Bonchev–Trinajstić information content (AvgIpc) is 2.80. The number of carbonyl (C=O) groups is 3. The lowest BCUT2D eigenvalue weighted by atomic mass is 9.67. The van der Waals surface area contributed by atoms with Crippen LogP contribution >= 0.6 is 0 Å².